The number of aromatic amines is 2. The number of guanidine groups is 1. The molecule has 0 aliphatic carbocycles. The maximum Gasteiger partial charge on any atom is 0.246 e. The number of carbonyl (C=O) groups is 17. The number of aromatic hydroxyl groups is 1. The van der Waals surface area contributed by atoms with Gasteiger partial charge in [0.1, 0.15) is 90.3 Å². The molecule has 5 heterocycles. The van der Waals surface area contributed by atoms with E-state index >= 15 is 33.6 Å². The largest absolute Gasteiger partial charge is 0.508 e. The first-order valence-electron chi connectivity index (χ1n) is 45.5. The lowest BCUT2D eigenvalue weighted by Crippen LogP contribution is -2.62. The highest BCUT2D eigenvalue weighted by molar-refractivity contribution is 8.00. The normalized spacial score (nSPS) is 24.9. The molecule has 3 fully saturated rings. The number of nitrogens with two attached hydrogens (primary N) is 4. The molecule has 17 amide bonds. The molecular weight excluding hydrogens is 1750 g/mol. The first kappa shape index (κ1) is 106. The summed E-state index contributed by atoms with van der Waals surface area (Å²) in [4.78, 5) is 262. The summed E-state index contributed by atoms with van der Waals surface area (Å²) in [7, 11) is 3.99. The number of likely N-dealkylation sites (N-methyl/N-ethyl adjacent to an activating group) is 3. The maximum absolute atomic E-state index is 15.9. The lowest BCUT2D eigenvalue weighted by Gasteiger charge is -2.36. The third kappa shape index (κ3) is 30.0. The van der Waals surface area contributed by atoms with Gasteiger partial charge in [0, 0.05) is 113 Å². The molecule has 42 nitrogen and oxygen atoms in total. The zero-order chi connectivity index (χ0) is 98.5. The van der Waals surface area contributed by atoms with Crippen molar-refractivity contribution in [2.75, 3.05) is 65.4 Å². The summed E-state index contributed by atoms with van der Waals surface area (Å²) in [5, 5.41) is 60.3. The second kappa shape index (κ2) is 50.8. The molecular formula is C91H133N23O19S. The molecule has 0 saturated carbocycles. The summed E-state index contributed by atoms with van der Waals surface area (Å²) < 4.78 is 0. The molecule has 3 aliphatic heterocycles. The van der Waals surface area contributed by atoms with Gasteiger partial charge in [-0.15, -0.1) is 11.8 Å². The number of aromatic nitrogens is 2. The SMILES string of the molecule is CCCCC1C(=O)N(C)C(CCCC)C(=O)NC(CCCNC(=N)N)C(=O)NC(C(=O)NCC(N)=O)CSCC(=O)NC(Cc2ccc(O)cc2)C(=O)N(C)C(C)C(=O)NC(CC(N)=O)C(=O)N2CCCC2C(=O)NC(CN)C(=O)NC(CC(C)C)C(=O)N2CC(O)CC2C(=O)NC(Cc2c[nH]c3ccccc23)C(=O)NC(CC(C)C)C(=O)NC(Cc2c[nH]c3ccccc23)C(=O)N1C. The Morgan fingerprint density at radius 3 is 1.63 bits per heavy atom. The van der Waals surface area contributed by atoms with E-state index in [2.05, 4.69) is 68.5 Å². The van der Waals surface area contributed by atoms with Gasteiger partial charge in [-0.2, -0.15) is 0 Å². The van der Waals surface area contributed by atoms with Crippen LogP contribution in [0.4, 0.5) is 0 Å². The first-order valence-corrected chi connectivity index (χ1v) is 46.7. The van der Waals surface area contributed by atoms with Crippen molar-refractivity contribution in [2.24, 2.45) is 34.8 Å². The van der Waals surface area contributed by atoms with Crippen molar-refractivity contribution in [1.82, 2.24) is 93.0 Å². The van der Waals surface area contributed by atoms with Crippen LogP contribution in [0.3, 0.4) is 0 Å². The lowest BCUT2D eigenvalue weighted by molar-refractivity contribution is -0.149. The minimum atomic E-state index is -1.77. The molecule has 0 bridgehead atoms. The monoisotopic (exact) mass is 1880 g/mol. The van der Waals surface area contributed by atoms with E-state index in [4.69, 9.17) is 28.3 Å². The van der Waals surface area contributed by atoms with Gasteiger partial charge in [-0.3, -0.25) is 86.9 Å². The molecule has 0 spiro atoms. The lowest BCUT2D eigenvalue weighted by atomic mass is 9.98. The number of thioether (sulfide) groups is 1. The van der Waals surface area contributed by atoms with Crippen LogP contribution in [0.15, 0.2) is 85.2 Å². The first-order chi connectivity index (χ1) is 63.6. The van der Waals surface area contributed by atoms with Crippen LogP contribution in [0.25, 0.3) is 21.8 Å². The quantitative estimate of drug-likeness (QED) is 0.0164. The summed E-state index contributed by atoms with van der Waals surface area (Å²) >= 11 is 0.770. The minimum Gasteiger partial charge on any atom is -0.508 e. The standard InChI is InChI=1S/C91H133N23O19S/c1-11-13-26-70-83(126)102-61(25-19-33-97-91(95)96)79(122)109-69(78(121)100-45-75(94)118)47-134-48-76(119)101-65(37-52-29-31-55(115)32-30-52)86(129)110(8)51(7)77(120)105-67(41-74(93)117)88(131)113-34-20-28-71(113)84(127)108-68(42-92)82(125)106-64(36-50(5)6)89(132)114-46-56(116)40-73(114)85(128)104-63(38-53-43-98-59-23-17-15-21-57(53)59)81(124)103-62(35-49(3)4)80(123)107-66(39-54-44-99-60-24-18-16-22-58(54)60)87(130)112(10)72(27-14-12-2)90(133)111(70)9/h15-18,21-24,29-32,43-44,49-51,56,61-73,98-99,115-116H,11-14,19-20,25-28,33-42,45-48,92H2,1-10H3,(H2,93,117)(H2,94,118)(H,100,121)(H,101,119)(H,102,126)(H,103,124)(H,104,128)(H,105,120)(H,106,125)(H,107,123)(H,108,127)(H,109,122)(H4,95,96,97). The Balaban J connectivity index is 1.20. The number of aliphatic hydroxyl groups excluding tert-OH is 1. The Morgan fingerprint density at radius 2 is 1.03 bits per heavy atom. The van der Waals surface area contributed by atoms with Gasteiger partial charge >= 0.3 is 0 Å². The maximum atomic E-state index is 15.9. The van der Waals surface area contributed by atoms with Crippen molar-refractivity contribution in [3.8, 4) is 5.75 Å². The summed E-state index contributed by atoms with van der Waals surface area (Å²) in [6.45, 7) is 10.3. The fourth-order valence-electron chi connectivity index (χ4n) is 16.7. The van der Waals surface area contributed by atoms with Crippen LogP contribution in [-0.2, 0) is 101 Å². The van der Waals surface area contributed by atoms with Gasteiger partial charge in [0.15, 0.2) is 5.96 Å². The number of amides is 17. The van der Waals surface area contributed by atoms with Crippen LogP contribution in [0.2, 0.25) is 0 Å². The van der Waals surface area contributed by atoms with Gasteiger partial charge in [-0.05, 0) is 111 Å². The molecule has 43 heteroatoms. The van der Waals surface area contributed by atoms with Crippen molar-refractivity contribution >= 4 is 140 Å². The van der Waals surface area contributed by atoms with Gasteiger partial charge < -0.3 is 126 Å². The molecule has 3 saturated heterocycles. The summed E-state index contributed by atoms with van der Waals surface area (Å²) in [5.41, 5.74) is 25.9. The third-order valence-corrected chi connectivity index (χ3v) is 25.1. The van der Waals surface area contributed by atoms with Gasteiger partial charge in [-0.1, -0.05) is 116 Å². The molecule has 732 valence electrons. The fourth-order valence-corrected chi connectivity index (χ4v) is 17.6. The van der Waals surface area contributed by atoms with Crippen LogP contribution in [0, 0.1) is 17.2 Å². The zero-order valence-corrected chi connectivity index (χ0v) is 78.5. The van der Waals surface area contributed by atoms with E-state index in [-0.39, 0.29) is 108 Å². The Labute approximate surface area is 782 Å². The van der Waals surface area contributed by atoms with Crippen molar-refractivity contribution in [2.45, 2.75) is 248 Å². The van der Waals surface area contributed by atoms with Gasteiger partial charge in [-0.25, -0.2) is 0 Å². The van der Waals surface area contributed by atoms with E-state index in [0.29, 0.717) is 64.2 Å². The Hall–Kier alpha value is -12.9. The number of nitrogens with zero attached hydrogens (tertiary/aromatic N) is 5. The Morgan fingerprint density at radius 1 is 0.522 bits per heavy atom. The molecule has 2 aromatic heterocycles. The number of phenols is 1. The van der Waals surface area contributed by atoms with E-state index in [9.17, 15) is 58.2 Å². The number of hydrogen-bond acceptors (Lipinski definition) is 22. The number of phenolic OH excluding ortho intramolecular Hbond substituents is 1. The molecule has 15 atom stereocenters. The second-order valence-electron chi connectivity index (χ2n) is 35.4. The van der Waals surface area contributed by atoms with Crippen LogP contribution >= 0.6 is 11.8 Å². The third-order valence-electron chi connectivity index (χ3n) is 24.1. The number of primary amides is 2. The van der Waals surface area contributed by atoms with Crippen molar-refractivity contribution in [1.29, 1.82) is 5.41 Å². The molecule has 0 radical (unpaired) electrons. The van der Waals surface area contributed by atoms with Crippen LogP contribution in [0.1, 0.15) is 155 Å². The van der Waals surface area contributed by atoms with Crippen LogP contribution < -0.4 is 81.4 Å². The molecule has 5 aromatic rings. The van der Waals surface area contributed by atoms with E-state index in [1.165, 1.54) is 62.1 Å². The topological polar surface area (TPSA) is 639 Å². The smallest absolute Gasteiger partial charge is 0.246 e. The molecule has 134 heavy (non-hydrogen) atoms. The second-order valence-corrected chi connectivity index (χ2v) is 36.4. The zero-order valence-electron chi connectivity index (χ0n) is 77.7. The van der Waals surface area contributed by atoms with E-state index < -0.39 is 235 Å². The van der Waals surface area contributed by atoms with E-state index in [1.54, 1.807) is 76.5 Å². The molecule has 24 N–H and O–H groups in total. The molecule has 8 rings (SSSR count). The number of nitrogens with one attached hydrogen (secondary N) is 14. The summed E-state index contributed by atoms with van der Waals surface area (Å²) in [6, 6.07) is -1.12. The summed E-state index contributed by atoms with van der Waals surface area (Å²) in [5.74, 6) is -17.7. The number of para-hydroxylation sites is 2. The number of carbonyl (C=O) groups excluding carboxylic acids is 17. The number of H-pyrrole nitrogens is 2. The average molecular weight is 1890 g/mol. The highest BCUT2D eigenvalue weighted by Gasteiger charge is 2.47. The number of rotatable bonds is 26. The Bertz CT molecular complexity index is 5010. The van der Waals surface area contributed by atoms with Gasteiger partial charge in [0.25, 0.3) is 0 Å². The number of fused-ring (bicyclic) bond motifs is 4. The van der Waals surface area contributed by atoms with Crippen LogP contribution in [-0.4, -0.2) is 307 Å². The predicted molar refractivity (Wildman–Crippen MR) is 499 cm³/mol. The number of unbranched alkanes of at least 4 members (excludes halogenated alkanes) is 2. The van der Waals surface area contributed by atoms with Gasteiger partial charge in [0.05, 0.1) is 24.8 Å². The molecule has 15 unspecified atom stereocenters. The average Bonchev–Trinajstić information content (AvgIpc) is 1.57. The van der Waals surface area contributed by atoms with Crippen molar-refractivity contribution in [3.05, 3.63) is 102 Å². The number of benzene rings is 3. The van der Waals surface area contributed by atoms with Crippen LogP contribution in [0.5, 0.6) is 5.75 Å². The van der Waals surface area contributed by atoms with Crippen molar-refractivity contribution in [3.63, 3.8) is 0 Å². The molecule has 3 aromatic carbocycles. The fraction of sp³-hybridized carbons (Fsp3) is 0.560. The van der Waals surface area contributed by atoms with Gasteiger partial charge in [0.2, 0.25) is 100 Å². The van der Waals surface area contributed by atoms with E-state index in [0.717, 1.165) is 26.5 Å². The highest BCUT2D eigenvalue weighted by Crippen LogP contribution is 2.28. The van der Waals surface area contributed by atoms with E-state index in [1.807, 2.05) is 26.0 Å². The van der Waals surface area contributed by atoms with Crippen molar-refractivity contribution < 1.29 is 91.7 Å². The number of aliphatic hydroxyl groups is 1. The molecule has 3 aliphatic rings. The predicted octanol–water partition coefficient (Wildman–Crippen LogP) is -1.88. The Kier molecular flexibility index (Phi) is 40.3. The highest BCUT2D eigenvalue weighted by atomic mass is 32.2. The number of hydrogen-bond donors (Lipinski definition) is 20. The summed E-state index contributed by atoms with van der Waals surface area (Å²) in [6.07, 6.45) is 1.80. The minimum absolute atomic E-state index is 0.00158.